The Hall–Kier alpha value is -2.35. The molecule has 0 saturated carbocycles. The second-order valence-corrected chi connectivity index (χ2v) is 9.97. The molecule has 0 aromatic heterocycles. The van der Waals surface area contributed by atoms with Gasteiger partial charge in [0.15, 0.2) is 0 Å². The molecular formula is C32H47NO. The van der Waals surface area contributed by atoms with Crippen LogP contribution in [0.4, 0.5) is 5.69 Å². The molecule has 2 nitrogen and oxygen atoms in total. The van der Waals surface area contributed by atoms with Crippen LogP contribution in [0.5, 0.6) is 0 Å². The van der Waals surface area contributed by atoms with Crippen LogP contribution in [0.25, 0.3) is 11.6 Å². The monoisotopic (exact) mass is 461 g/mol. The fraction of sp³-hybridized carbons (Fsp3) is 0.531. The average molecular weight is 462 g/mol. The molecule has 2 rings (SSSR count). The summed E-state index contributed by atoms with van der Waals surface area (Å²) in [4.78, 5) is 13.1. The number of hydrogen-bond donors (Lipinski definition) is 0. The molecule has 0 N–H and O–H groups in total. The van der Waals surface area contributed by atoms with Crippen molar-refractivity contribution in [1.82, 2.24) is 0 Å². The van der Waals surface area contributed by atoms with E-state index in [-0.39, 0.29) is 0 Å². The Morgan fingerprint density at radius 2 is 1.12 bits per heavy atom. The smallest absolute Gasteiger partial charge is 0.129 e. The molecule has 0 fully saturated rings. The second-order valence-electron chi connectivity index (χ2n) is 9.97. The molecule has 2 aromatic carbocycles. The lowest BCUT2D eigenvalue weighted by Gasteiger charge is -2.14. The van der Waals surface area contributed by atoms with Crippen molar-refractivity contribution in [3.05, 3.63) is 65.7 Å². The molecule has 0 spiro atoms. The van der Waals surface area contributed by atoms with Crippen molar-refractivity contribution in [2.75, 3.05) is 19.0 Å². The summed E-state index contributed by atoms with van der Waals surface area (Å²) in [6.45, 7) is 1.70. The van der Waals surface area contributed by atoms with Gasteiger partial charge < -0.3 is 9.69 Å². The first-order valence-electron chi connectivity index (χ1n) is 13.6. The van der Waals surface area contributed by atoms with Gasteiger partial charge in [0.1, 0.15) is 5.78 Å². The van der Waals surface area contributed by atoms with Crippen LogP contribution in [-0.2, 0) is 4.79 Å². The molecule has 186 valence electrons. The summed E-state index contributed by atoms with van der Waals surface area (Å²) in [7, 11) is 4.18. The second kappa shape index (κ2) is 17.1. The van der Waals surface area contributed by atoms with Gasteiger partial charge in [-0.1, -0.05) is 113 Å². The van der Waals surface area contributed by atoms with E-state index in [1.54, 1.807) is 6.92 Å². The van der Waals surface area contributed by atoms with Crippen molar-refractivity contribution >= 4 is 23.1 Å². The highest BCUT2D eigenvalue weighted by Crippen LogP contribution is 2.26. The number of allylic oxidation sites excluding steroid dienone is 1. The molecule has 0 aliphatic carbocycles. The number of rotatable bonds is 18. The number of nitrogens with zero attached hydrogens (tertiary/aromatic N) is 1. The minimum atomic E-state index is 0.335. The molecule has 0 saturated heterocycles. The maximum Gasteiger partial charge on any atom is 0.129 e. The summed E-state index contributed by atoms with van der Waals surface area (Å²) in [5.74, 6) is 0.335. The van der Waals surface area contributed by atoms with Crippen LogP contribution < -0.4 is 4.90 Å². The number of carbonyl (C=O) groups is 1. The molecule has 0 heterocycles. The lowest BCUT2D eigenvalue weighted by atomic mass is 9.96. The zero-order chi connectivity index (χ0) is 24.4. The van der Waals surface area contributed by atoms with Crippen molar-refractivity contribution in [1.29, 1.82) is 0 Å². The lowest BCUT2D eigenvalue weighted by Crippen LogP contribution is -2.08. The molecule has 2 aromatic rings. The Balaban J connectivity index is 1.64. The molecule has 0 aliphatic heterocycles. The van der Waals surface area contributed by atoms with Gasteiger partial charge in [-0.25, -0.2) is 0 Å². The third-order valence-electron chi connectivity index (χ3n) is 6.62. The van der Waals surface area contributed by atoms with Gasteiger partial charge in [0, 0.05) is 26.2 Å². The number of unbranched alkanes of at least 4 members (excludes halogenated alkanes) is 11. The fourth-order valence-electron chi connectivity index (χ4n) is 4.48. The minimum absolute atomic E-state index is 0.335. The van der Waals surface area contributed by atoms with Gasteiger partial charge in [-0.2, -0.15) is 0 Å². The SMILES string of the molecule is CC(=O)CCCCCCCCCCCCCCC(=Cc1ccccc1)c1ccc(N(C)C)cc1. The molecule has 2 heteroatoms. The standard InChI is InChI=1S/C32H47NO/c1-28(34)19-15-12-10-8-6-4-5-7-9-11-13-18-22-31(27-29-20-16-14-17-21-29)30-23-25-32(26-24-30)33(2)3/h14,16-17,20-21,23-27H,4-13,15,18-19,22H2,1-3H3. The maximum absolute atomic E-state index is 10.9. The number of ketones is 1. The first-order valence-corrected chi connectivity index (χ1v) is 13.6. The Bertz CT molecular complexity index is 820. The van der Waals surface area contributed by atoms with Gasteiger partial charge in [0.25, 0.3) is 0 Å². The van der Waals surface area contributed by atoms with Crippen molar-refractivity contribution in [2.45, 2.75) is 96.8 Å². The van der Waals surface area contributed by atoms with Crippen LogP contribution >= 0.6 is 0 Å². The molecule has 0 aliphatic rings. The molecule has 0 unspecified atom stereocenters. The molecular weight excluding hydrogens is 414 g/mol. The van der Waals surface area contributed by atoms with Crippen molar-refractivity contribution in [3.63, 3.8) is 0 Å². The normalized spacial score (nSPS) is 11.6. The highest BCUT2D eigenvalue weighted by Gasteiger charge is 2.04. The van der Waals surface area contributed by atoms with E-state index < -0.39 is 0 Å². The third-order valence-corrected chi connectivity index (χ3v) is 6.62. The van der Waals surface area contributed by atoms with Crippen LogP contribution in [0, 0.1) is 0 Å². The average Bonchev–Trinajstić information content (AvgIpc) is 2.84. The molecule has 0 bridgehead atoms. The van der Waals surface area contributed by atoms with Crippen molar-refractivity contribution in [2.24, 2.45) is 0 Å². The Morgan fingerprint density at radius 3 is 1.59 bits per heavy atom. The number of benzene rings is 2. The van der Waals surface area contributed by atoms with Gasteiger partial charge in [-0.3, -0.25) is 0 Å². The van der Waals surface area contributed by atoms with E-state index in [1.807, 2.05) is 0 Å². The highest BCUT2D eigenvalue weighted by molar-refractivity contribution is 5.82. The number of carbonyl (C=O) groups excluding carboxylic acids is 1. The predicted molar refractivity (Wildman–Crippen MR) is 150 cm³/mol. The molecule has 0 amide bonds. The lowest BCUT2D eigenvalue weighted by molar-refractivity contribution is -0.117. The first-order chi connectivity index (χ1) is 16.6. The van der Waals surface area contributed by atoms with Crippen LogP contribution in [-0.4, -0.2) is 19.9 Å². The Labute approximate surface area is 209 Å². The summed E-state index contributed by atoms with van der Waals surface area (Å²) < 4.78 is 0. The van der Waals surface area contributed by atoms with Crippen LogP contribution in [0.3, 0.4) is 0 Å². The third kappa shape index (κ3) is 12.2. The van der Waals surface area contributed by atoms with E-state index >= 15 is 0 Å². The van der Waals surface area contributed by atoms with Crippen LogP contribution in [0.2, 0.25) is 0 Å². The van der Waals surface area contributed by atoms with E-state index in [4.69, 9.17) is 0 Å². The predicted octanol–water partition coefficient (Wildman–Crippen LogP) is 9.34. The number of anilines is 1. The Kier molecular flexibility index (Phi) is 14.1. The van der Waals surface area contributed by atoms with Gasteiger partial charge in [-0.05, 0) is 55.0 Å². The van der Waals surface area contributed by atoms with Crippen LogP contribution in [0.1, 0.15) is 108 Å². The zero-order valence-electron chi connectivity index (χ0n) is 22.0. The zero-order valence-corrected chi connectivity index (χ0v) is 22.0. The molecule has 34 heavy (non-hydrogen) atoms. The van der Waals surface area contributed by atoms with E-state index in [1.165, 1.54) is 93.0 Å². The Morgan fingerprint density at radius 1 is 0.647 bits per heavy atom. The van der Waals surface area contributed by atoms with Crippen molar-refractivity contribution < 1.29 is 4.79 Å². The first kappa shape index (κ1) is 27.9. The fourth-order valence-corrected chi connectivity index (χ4v) is 4.48. The highest BCUT2D eigenvalue weighted by atomic mass is 16.1. The van der Waals surface area contributed by atoms with Crippen molar-refractivity contribution in [3.8, 4) is 0 Å². The summed E-state index contributed by atoms with van der Waals surface area (Å²) in [6, 6.07) is 19.7. The van der Waals surface area contributed by atoms with Gasteiger partial charge in [0.2, 0.25) is 0 Å². The van der Waals surface area contributed by atoms with Gasteiger partial charge >= 0.3 is 0 Å². The maximum atomic E-state index is 10.9. The summed E-state index contributed by atoms with van der Waals surface area (Å²) in [5, 5.41) is 0. The number of Topliss-reactive ketones (excluding diaryl/α,β-unsaturated/α-hetero) is 1. The van der Waals surface area contributed by atoms with Gasteiger partial charge in [0.05, 0.1) is 0 Å². The largest absolute Gasteiger partial charge is 0.378 e. The van der Waals surface area contributed by atoms with E-state index in [9.17, 15) is 4.79 Å². The van der Waals surface area contributed by atoms with E-state index in [0.29, 0.717) is 5.78 Å². The summed E-state index contributed by atoms with van der Waals surface area (Å²) in [5.41, 5.74) is 5.32. The quantitative estimate of drug-likeness (QED) is 0.163. The minimum Gasteiger partial charge on any atom is -0.378 e. The topological polar surface area (TPSA) is 20.3 Å². The molecule has 0 atom stereocenters. The van der Waals surface area contributed by atoms with E-state index in [2.05, 4.69) is 79.7 Å². The van der Waals surface area contributed by atoms with E-state index in [0.717, 1.165) is 19.3 Å². The molecule has 0 radical (unpaired) electrons. The van der Waals surface area contributed by atoms with Gasteiger partial charge in [-0.15, -0.1) is 0 Å². The summed E-state index contributed by atoms with van der Waals surface area (Å²) in [6.07, 6.45) is 20.0. The summed E-state index contributed by atoms with van der Waals surface area (Å²) >= 11 is 0. The number of hydrogen-bond acceptors (Lipinski definition) is 2. The van der Waals surface area contributed by atoms with Crippen LogP contribution in [0.15, 0.2) is 54.6 Å².